The molecule has 0 fully saturated rings. The highest BCUT2D eigenvalue weighted by molar-refractivity contribution is 7.94. The van der Waals surface area contributed by atoms with E-state index in [-0.39, 0.29) is 19.8 Å². The predicted octanol–water partition coefficient (Wildman–Crippen LogP) is 4.15. The van der Waals surface area contributed by atoms with E-state index in [9.17, 15) is 23.1 Å². The third kappa shape index (κ3) is 4.82. The van der Waals surface area contributed by atoms with Gasteiger partial charge in [-0.2, -0.15) is 0 Å². The van der Waals surface area contributed by atoms with Crippen LogP contribution in [0.25, 0.3) is 11.1 Å². The second kappa shape index (κ2) is 8.96. The van der Waals surface area contributed by atoms with Crippen molar-refractivity contribution in [1.82, 2.24) is 0 Å². The Morgan fingerprint density at radius 1 is 1.03 bits per heavy atom. The molecule has 0 aliphatic carbocycles. The van der Waals surface area contributed by atoms with Crippen LogP contribution in [0.1, 0.15) is 20.7 Å². The van der Waals surface area contributed by atoms with Gasteiger partial charge in [0.15, 0.2) is 0 Å². The number of benzene rings is 2. The van der Waals surface area contributed by atoms with Gasteiger partial charge < -0.3 is 14.6 Å². The van der Waals surface area contributed by atoms with E-state index in [0.717, 1.165) is 24.5 Å². The van der Waals surface area contributed by atoms with E-state index in [4.69, 9.17) is 16.3 Å². The van der Waals surface area contributed by atoms with Gasteiger partial charge >= 0.3 is 11.9 Å². The molecule has 0 aliphatic heterocycles. The molecule has 0 aliphatic rings. The first kappa shape index (κ1) is 22.6. The van der Waals surface area contributed by atoms with Crippen molar-refractivity contribution in [3.63, 3.8) is 0 Å². The molecule has 8 nitrogen and oxygen atoms in total. The van der Waals surface area contributed by atoms with Crippen LogP contribution in [0.2, 0.25) is 4.34 Å². The maximum atomic E-state index is 12.8. The van der Waals surface area contributed by atoms with Gasteiger partial charge in [-0.15, -0.1) is 11.3 Å². The first-order valence-corrected chi connectivity index (χ1v) is 11.3. The van der Waals surface area contributed by atoms with Crippen LogP contribution in [0.3, 0.4) is 0 Å². The summed E-state index contributed by atoms with van der Waals surface area (Å²) in [5, 5.41) is 9.96. The van der Waals surface area contributed by atoms with Gasteiger partial charge in [-0.3, -0.25) is 4.72 Å². The number of aromatic hydroxyl groups is 1. The fourth-order valence-corrected chi connectivity index (χ4v) is 5.51. The molecule has 0 saturated heterocycles. The molecular weight excluding hydrogens is 466 g/mol. The van der Waals surface area contributed by atoms with Crippen molar-refractivity contribution in [3.8, 4) is 16.9 Å². The zero-order valence-corrected chi connectivity index (χ0v) is 18.6. The number of halogens is 1. The summed E-state index contributed by atoms with van der Waals surface area (Å²) >= 11 is 7.10. The second-order valence-corrected chi connectivity index (χ2v) is 9.72. The molecule has 0 unspecified atom stereocenters. The first-order valence-electron chi connectivity index (χ1n) is 8.58. The molecule has 0 radical (unpaired) electrons. The molecule has 0 amide bonds. The Labute approximate surface area is 187 Å². The average Bonchev–Trinajstić information content (AvgIpc) is 3.15. The SMILES string of the molecule is COC(=O)c1cccc(-c2cc(S(=O)(=O)Nc3ccc(C(=O)OC)c(O)c3)sc2Cl)c1. The van der Waals surface area contributed by atoms with E-state index in [1.807, 2.05) is 0 Å². The topological polar surface area (TPSA) is 119 Å². The van der Waals surface area contributed by atoms with Gasteiger partial charge in [0.2, 0.25) is 0 Å². The Kier molecular flexibility index (Phi) is 6.54. The van der Waals surface area contributed by atoms with Crippen molar-refractivity contribution in [2.24, 2.45) is 0 Å². The molecule has 0 saturated carbocycles. The lowest BCUT2D eigenvalue weighted by molar-refractivity contribution is 0.0590. The predicted molar refractivity (Wildman–Crippen MR) is 116 cm³/mol. The van der Waals surface area contributed by atoms with Crippen molar-refractivity contribution in [1.29, 1.82) is 0 Å². The smallest absolute Gasteiger partial charge is 0.341 e. The minimum Gasteiger partial charge on any atom is -0.507 e. The Morgan fingerprint density at radius 3 is 2.39 bits per heavy atom. The minimum atomic E-state index is -4.04. The lowest BCUT2D eigenvalue weighted by Crippen LogP contribution is -2.11. The first-order chi connectivity index (χ1) is 14.7. The maximum Gasteiger partial charge on any atom is 0.341 e. The fraction of sp³-hybridized carbons (Fsp3) is 0.100. The molecule has 3 aromatic rings. The number of rotatable bonds is 6. The largest absolute Gasteiger partial charge is 0.507 e. The highest BCUT2D eigenvalue weighted by atomic mass is 35.5. The van der Waals surface area contributed by atoms with Gasteiger partial charge in [-0.25, -0.2) is 18.0 Å². The van der Waals surface area contributed by atoms with E-state index in [0.29, 0.717) is 16.7 Å². The number of hydrogen-bond acceptors (Lipinski definition) is 8. The molecule has 11 heteroatoms. The zero-order valence-electron chi connectivity index (χ0n) is 16.2. The van der Waals surface area contributed by atoms with E-state index in [1.54, 1.807) is 24.3 Å². The van der Waals surface area contributed by atoms with Gasteiger partial charge in [0, 0.05) is 11.6 Å². The standard InChI is InChI=1S/C20H16ClNO7S2/c1-28-19(24)12-5-3-4-11(8-12)15-10-17(30-18(15)21)31(26,27)22-13-6-7-14(16(23)9-13)20(25)29-2/h3-10,22-23H,1-2H3. The van der Waals surface area contributed by atoms with Crippen LogP contribution in [0.4, 0.5) is 5.69 Å². The highest BCUT2D eigenvalue weighted by Crippen LogP contribution is 2.39. The zero-order chi connectivity index (χ0) is 22.8. The third-order valence-electron chi connectivity index (χ3n) is 4.18. The van der Waals surface area contributed by atoms with Crippen molar-refractivity contribution < 1.29 is 32.6 Å². The molecule has 2 N–H and O–H groups in total. The number of thiophene rings is 1. The van der Waals surface area contributed by atoms with Crippen LogP contribution < -0.4 is 4.72 Å². The number of phenolic OH excluding ortho intramolecular Hbond substituents is 1. The normalized spacial score (nSPS) is 11.1. The van der Waals surface area contributed by atoms with Crippen LogP contribution in [-0.4, -0.2) is 39.7 Å². The van der Waals surface area contributed by atoms with Crippen LogP contribution in [-0.2, 0) is 19.5 Å². The number of ether oxygens (including phenoxy) is 2. The Morgan fingerprint density at radius 2 is 1.74 bits per heavy atom. The van der Waals surface area contributed by atoms with Gasteiger partial charge in [0.05, 0.1) is 25.5 Å². The van der Waals surface area contributed by atoms with E-state index in [1.165, 1.54) is 25.3 Å². The molecule has 1 aromatic heterocycles. The summed E-state index contributed by atoms with van der Waals surface area (Å²) < 4.78 is 37.3. The Hall–Kier alpha value is -3.08. The number of methoxy groups -OCH3 is 2. The number of nitrogens with one attached hydrogen (secondary N) is 1. The number of phenols is 1. The molecule has 0 bridgehead atoms. The molecule has 0 atom stereocenters. The van der Waals surface area contributed by atoms with Crippen molar-refractivity contribution >= 4 is 50.6 Å². The number of anilines is 1. The van der Waals surface area contributed by atoms with Gasteiger partial charge in [0.1, 0.15) is 19.9 Å². The van der Waals surface area contributed by atoms with E-state index < -0.39 is 27.7 Å². The second-order valence-electron chi connectivity index (χ2n) is 6.15. The molecule has 0 spiro atoms. The number of carbonyl (C=O) groups excluding carboxylic acids is 2. The van der Waals surface area contributed by atoms with E-state index in [2.05, 4.69) is 9.46 Å². The summed E-state index contributed by atoms with van der Waals surface area (Å²) in [6.45, 7) is 0. The summed E-state index contributed by atoms with van der Waals surface area (Å²) in [5.74, 6) is -1.72. The van der Waals surface area contributed by atoms with Crippen LogP contribution in [0.15, 0.2) is 52.7 Å². The molecule has 1 heterocycles. The van der Waals surface area contributed by atoms with Crippen molar-refractivity contribution in [2.45, 2.75) is 4.21 Å². The number of esters is 2. The molecule has 3 rings (SSSR count). The molecule has 162 valence electrons. The van der Waals surface area contributed by atoms with Crippen molar-refractivity contribution in [2.75, 3.05) is 18.9 Å². The quantitative estimate of drug-likeness (QED) is 0.507. The van der Waals surface area contributed by atoms with Crippen molar-refractivity contribution in [3.05, 3.63) is 64.0 Å². The van der Waals surface area contributed by atoms with Gasteiger partial charge in [-0.1, -0.05) is 23.7 Å². The van der Waals surface area contributed by atoms with Crippen LogP contribution in [0, 0.1) is 0 Å². The lowest BCUT2D eigenvalue weighted by Gasteiger charge is -2.08. The minimum absolute atomic E-state index is 0.0453. The van der Waals surface area contributed by atoms with Gasteiger partial charge in [-0.05, 0) is 35.9 Å². The van der Waals surface area contributed by atoms with Crippen LogP contribution in [0.5, 0.6) is 5.75 Å². The summed E-state index contributed by atoms with van der Waals surface area (Å²) in [6.07, 6.45) is 0. The Bertz CT molecular complexity index is 1270. The van der Waals surface area contributed by atoms with E-state index >= 15 is 0 Å². The number of sulfonamides is 1. The monoisotopic (exact) mass is 481 g/mol. The summed E-state index contributed by atoms with van der Waals surface area (Å²) in [7, 11) is -1.62. The van der Waals surface area contributed by atoms with Gasteiger partial charge in [0.25, 0.3) is 10.0 Å². The average molecular weight is 482 g/mol. The summed E-state index contributed by atoms with van der Waals surface area (Å²) in [4.78, 5) is 23.3. The summed E-state index contributed by atoms with van der Waals surface area (Å²) in [5.41, 5.74) is 1.22. The molecule has 2 aromatic carbocycles. The highest BCUT2D eigenvalue weighted by Gasteiger charge is 2.22. The lowest BCUT2D eigenvalue weighted by atomic mass is 10.1. The Balaban J connectivity index is 1.91. The maximum absolute atomic E-state index is 12.8. The molecule has 31 heavy (non-hydrogen) atoms. The number of hydrogen-bond donors (Lipinski definition) is 2. The van der Waals surface area contributed by atoms with Crippen LogP contribution >= 0.6 is 22.9 Å². The number of carbonyl (C=O) groups is 2. The summed E-state index contributed by atoms with van der Waals surface area (Å²) in [6, 6.07) is 11.5. The fourth-order valence-electron chi connectivity index (χ4n) is 2.69. The molecular formula is C20H16ClNO7S2. The third-order valence-corrected chi connectivity index (χ3v) is 7.39.